The predicted octanol–water partition coefficient (Wildman–Crippen LogP) is 1.67. The van der Waals surface area contributed by atoms with Gasteiger partial charge >= 0.3 is 0 Å². The fourth-order valence-corrected chi connectivity index (χ4v) is 3.33. The average molecular weight is 351 g/mol. The minimum atomic E-state index is -0.542. The van der Waals surface area contributed by atoms with Crippen LogP contribution < -0.4 is 15.4 Å². The topological polar surface area (TPSA) is 70.7 Å². The molecule has 0 bridgehead atoms. The van der Waals surface area contributed by atoms with E-state index in [1.54, 1.807) is 24.3 Å². The van der Waals surface area contributed by atoms with Crippen LogP contribution in [0, 0.1) is 0 Å². The molecule has 0 aliphatic carbocycles. The summed E-state index contributed by atoms with van der Waals surface area (Å²) in [5.74, 6) is 0.551. The first-order valence-corrected chi connectivity index (χ1v) is 8.86. The number of nitrogens with one attached hydrogen (secondary N) is 2. The van der Waals surface area contributed by atoms with Crippen molar-refractivity contribution in [3.05, 3.63) is 59.7 Å². The SMILES string of the molecule is O=C(Nc1cccc(C(=O)N2CCNCC2)c1)C1Cc2ccccc2O1. The second-order valence-corrected chi connectivity index (χ2v) is 6.53. The largest absolute Gasteiger partial charge is 0.480 e. The number of nitrogens with zero attached hydrogens (tertiary/aromatic N) is 1. The van der Waals surface area contributed by atoms with Crippen molar-refractivity contribution in [1.82, 2.24) is 10.2 Å². The molecule has 2 aromatic rings. The molecule has 0 spiro atoms. The maximum Gasteiger partial charge on any atom is 0.265 e. The summed E-state index contributed by atoms with van der Waals surface area (Å²) in [7, 11) is 0. The summed E-state index contributed by atoms with van der Waals surface area (Å²) < 4.78 is 5.72. The standard InChI is InChI=1S/C20H21N3O3/c24-19(18-13-14-4-1-2-7-17(14)26-18)22-16-6-3-5-15(12-16)20(25)23-10-8-21-9-11-23/h1-7,12,18,21H,8-11,13H2,(H,22,24). The number of carbonyl (C=O) groups excluding carboxylic acids is 2. The number of ether oxygens (including phenoxy) is 1. The van der Waals surface area contributed by atoms with Gasteiger partial charge in [-0.15, -0.1) is 0 Å². The molecule has 2 N–H and O–H groups in total. The van der Waals surface area contributed by atoms with E-state index in [1.165, 1.54) is 0 Å². The summed E-state index contributed by atoms with van der Waals surface area (Å²) in [6.45, 7) is 3.01. The second kappa shape index (κ2) is 7.17. The van der Waals surface area contributed by atoms with Gasteiger partial charge in [-0.3, -0.25) is 9.59 Å². The molecule has 26 heavy (non-hydrogen) atoms. The van der Waals surface area contributed by atoms with Gasteiger partial charge in [0.25, 0.3) is 11.8 Å². The number of piperazine rings is 1. The Labute approximate surface area is 152 Å². The van der Waals surface area contributed by atoms with Gasteiger partial charge in [0.1, 0.15) is 5.75 Å². The Morgan fingerprint density at radius 2 is 1.88 bits per heavy atom. The maximum absolute atomic E-state index is 12.6. The Hall–Kier alpha value is -2.86. The Kier molecular flexibility index (Phi) is 4.58. The highest BCUT2D eigenvalue weighted by Crippen LogP contribution is 2.28. The summed E-state index contributed by atoms with van der Waals surface area (Å²) in [6, 6.07) is 14.7. The second-order valence-electron chi connectivity index (χ2n) is 6.53. The molecule has 1 unspecified atom stereocenters. The predicted molar refractivity (Wildman–Crippen MR) is 98.4 cm³/mol. The Bertz CT molecular complexity index is 806. The van der Waals surface area contributed by atoms with Gasteiger partial charge in [0.15, 0.2) is 6.10 Å². The van der Waals surface area contributed by atoms with E-state index in [1.807, 2.05) is 29.2 Å². The van der Waals surface area contributed by atoms with Gasteiger partial charge in [-0.25, -0.2) is 0 Å². The molecule has 0 saturated carbocycles. The summed E-state index contributed by atoms with van der Waals surface area (Å²) >= 11 is 0. The van der Waals surface area contributed by atoms with E-state index in [0.717, 1.165) is 24.4 Å². The first-order chi connectivity index (χ1) is 12.7. The normalized spacial score (nSPS) is 18.8. The lowest BCUT2D eigenvalue weighted by Crippen LogP contribution is -2.46. The lowest BCUT2D eigenvalue weighted by atomic mass is 10.1. The monoisotopic (exact) mass is 351 g/mol. The van der Waals surface area contributed by atoms with Crippen molar-refractivity contribution < 1.29 is 14.3 Å². The minimum absolute atomic E-state index is 0.00730. The van der Waals surface area contributed by atoms with E-state index in [2.05, 4.69) is 10.6 Å². The fourth-order valence-electron chi connectivity index (χ4n) is 3.33. The quantitative estimate of drug-likeness (QED) is 0.883. The molecular weight excluding hydrogens is 330 g/mol. The van der Waals surface area contributed by atoms with E-state index in [9.17, 15) is 9.59 Å². The Balaban J connectivity index is 1.42. The molecule has 0 aromatic heterocycles. The number of benzene rings is 2. The highest BCUT2D eigenvalue weighted by molar-refractivity contribution is 5.98. The number of carbonyl (C=O) groups is 2. The molecule has 4 rings (SSSR count). The summed E-state index contributed by atoms with van der Waals surface area (Å²) in [4.78, 5) is 27.0. The van der Waals surface area contributed by atoms with Crippen molar-refractivity contribution in [3.63, 3.8) is 0 Å². The average Bonchev–Trinajstić information content (AvgIpc) is 3.13. The fraction of sp³-hybridized carbons (Fsp3) is 0.300. The van der Waals surface area contributed by atoms with Crippen LogP contribution in [-0.4, -0.2) is 49.0 Å². The molecule has 6 nitrogen and oxygen atoms in total. The van der Waals surface area contributed by atoms with Gasteiger partial charge in [-0.2, -0.15) is 0 Å². The molecule has 2 heterocycles. The number of hydrogen-bond acceptors (Lipinski definition) is 4. The van der Waals surface area contributed by atoms with Crippen LogP contribution in [0.5, 0.6) is 5.75 Å². The number of hydrogen-bond donors (Lipinski definition) is 2. The molecule has 1 fully saturated rings. The maximum atomic E-state index is 12.6. The first-order valence-electron chi connectivity index (χ1n) is 8.86. The van der Waals surface area contributed by atoms with Gasteiger partial charge in [-0.1, -0.05) is 24.3 Å². The molecule has 2 aliphatic rings. The van der Waals surface area contributed by atoms with Crippen molar-refractivity contribution >= 4 is 17.5 Å². The van der Waals surface area contributed by atoms with E-state index in [-0.39, 0.29) is 11.8 Å². The van der Waals surface area contributed by atoms with Crippen LogP contribution >= 0.6 is 0 Å². The van der Waals surface area contributed by atoms with Crippen molar-refractivity contribution in [1.29, 1.82) is 0 Å². The lowest BCUT2D eigenvalue weighted by Gasteiger charge is -2.27. The van der Waals surface area contributed by atoms with Crippen LogP contribution in [0.1, 0.15) is 15.9 Å². The van der Waals surface area contributed by atoms with E-state index in [4.69, 9.17) is 4.74 Å². The number of fused-ring (bicyclic) bond motifs is 1. The van der Waals surface area contributed by atoms with Crippen LogP contribution in [0.25, 0.3) is 0 Å². The number of amides is 2. The highest BCUT2D eigenvalue weighted by atomic mass is 16.5. The van der Waals surface area contributed by atoms with Crippen LogP contribution in [0.4, 0.5) is 5.69 Å². The number of rotatable bonds is 3. The van der Waals surface area contributed by atoms with Gasteiger partial charge in [0.2, 0.25) is 0 Å². The number of anilines is 1. The summed E-state index contributed by atoms with van der Waals surface area (Å²) in [5, 5.41) is 6.10. The molecule has 0 radical (unpaired) electrons. The third kappa shape index (κ3) is 3.41. The number of para-hydroxylation sites is 1. The minimum Gasteiger partial charge on any atom is -0.480 e. The summed E-state index contributed by atoms with van der Waals surface area (Å²) in [5.41, 5.74) is 2.23. The zero-order chi connectivity index (χ0) is 17.9. The van der Waals surface area contributed by atoms with E-state index >= 15 is 0 Å². The third-order valence-corrected chi connectivity index (χ3v) is 4.72. The molecule has 134 valence electrons. The van der Waals surface area contributed by atoms with E-state index < -0.39 is 6.10 Å². The first kappa shape index (κ1) is 16.6. The zero-order valence-electron chi connectivity index (χ0n) is 14.4. The van der Waals surface area contributed by atoms with Gasteiger partial charge in [0, 0.05) is 43.9 Å². The van der Waals surface area contributed by atoms with Crippen molar-refractivity contribution in [2.45, 2.75) is 12.5 Å². The Morgan fingerprint density at radius 1 is 1.08 bits per heavy atom. The molecule has 2 aliphatic heterocycles. The van der Waals surface area contributed by atoms with Gasteiger partial charge in [-0.05, 0) is 29.8 Å². The van der Waals surface area contributed by atoms with Gasteiger partial charge in [0.05, 0.1) is 0 Å². The van der Waals surface area contributed by atoms with Gasteiger partial charge < -0.3 is 20.3 Å². The van der Waals surface area contributed by atoms with Crippen LogP contribution in [0.15, 0.2) is 48.5 Å². The summed E-state index contributed by atoms with van der Waals surface area (Å²) in [6.07, 6.45) is 0.0152. The zero-order valence-corrected chi connectivity index (χ0v) is 14.4. The smallest absolute Gasteiger partial charge is 0.265 e. The van der Waals surface area contributed by atoms with Crippen molar-refractivity contribution in [2.24, 2.45) is 0 Å². The molecule has 2 aromatic carbocycles. The molecule has 2 amide bonds. The molecular formula is C20H21N3O3. The highest BCUT2D eigenvalue weighted by Gasteiger charge is 2.29. The molecule has 1 saturated heterocycles. The van der Waals surface area contributed by atoms with Crippen LogP contribution in [-0.2, 0) is 11.2 Å². The van der Waals surface area contributed by atoms with Crippen molar-refractivity contribution in [2.75, 3.05) is 31.5 Å². The van der Waals surface area contributed by atoms with Crippen LogP contribution in [0.2, 0.25) is 0 Å². The van der Waals surface area contributed by atoms with Crippen LogP contribution in [0.3, 0.4) is 0 Å². The molecule has 6 heteroatoms. The van der Waals surface area contributed by atoms with Crippen molar-refractivity contribution in [3.8, 4) is 5.75 Å². The lowest BCUT2D eigenvalue weighted by molar-refractivity contribution is -0.122. The van der Waals surface area contributed by atoms with E-state index in [0.29, 0.717) is 30.8 Å². The third-order valence-electron chi connectivity index (χ3n) is 4.72. The molecule has 1 atom stereocenters. The Morgan fingerprint density at radius 3 is 2.69 bits per heavy atom.